The fourth-order valence-corrected chi connectivity index (χ4v) is 1.18. The molecule has 0 bridgehead atoms. The molecule has 0 saturated heterocycles. The molecule has 0 fully saturated rings. The number of aromatic amines is 1. The van der Waals surface area contributed by atoms with Crippen molar-refractivity contribution < 1.29 is 4.79 Å². The first-order valence-corrected chi connectivity index (χ1v) is 5.50. The fourth-order valence-electron chi connectivity index (χ4n) is 1.18. The van der Waals surface area contributed by atoms with Gasteiger partial charge in [-0.05, 0) is 20.0 Å². The first kappa shape index (κ1) is 12.6. The zero-order valence-electron chi connectivity index (χ0n) is 10.0. The van der Waals surface area contributed by atoms with Crippen molar-refractivity contribution in [3.05, 3.63) is 11.6 Å². The summed E-state index contributed by atoms with van der Waals surface area (Å²) in [6.07, 6.45) is 0.893. The smallest absolute Gasteiger partial charge is 0.290 e. The van der Waals surface area contributed by atoms with Gasteiger partial charge >= 0.3 is 0 Å². The molecule has 6 nitrogen and oxygen atoms in total. The van der Waals surface area contributed by atoms with Crippen molar-refractivity contribution in [3.63, 3.8) is 0 Å². The van der Waals surface area contributed by atoms with Gasteiger partial charge in [-0.1, -0.05) is 13.8 Å². The molecular formula is C10H19N5O. The van der Waals surface area contributed by atoms with Gasteiger partial charge in [-0.3, -0.25) is 9.89 Å². The van der Waals surface area contributed by atoms with Crippen LogP contribution in [0.4, 0.5) is 0 Å². The Hall–Kier alpha value is -1.43. The third-order valence-electron chi connectivity index (χ3n) is 2.14. The van der Waals surface area contributed by atoms with E-state index >= 15 is 0 Å². The van der Waals surface area contributed by atoms with E-state index in [0.717, 1.165) is 18.8 Å². The lowest BCUT2D eigenvalue weighted by molar-refractivity contribution is 0.0943. The van der Waals surface area contributed by atoms with Crippen LogP contribution in [0.2, 0.25) is 0 Å². The SMILES string of the molecule is CNCCCNC(=O)c1n[nH]c(C(C)C)n1. The highest BCUT2D eigenvalue weighted by Gasteiger charge is 2.12. The number of H-pyrrole nitrogens is 1. The second-order valence-corrected chi connectivity index (χ2v) is 3.91. The Morgan fingerprint density at radius 2 is 2.19 bits per heavy atom. The molecule has 1 aromatic heterocycles. The van der Waals surface area contributed by atoms with Gasteiger partial charge in [-0.25, -0.2) is 4.98 Å². The maximum absolute atomic E-state index is 11.6. The van der Waals surface area contributed by atoms with Crippen molar-refractivity contribution in [1.29, 1.82) is 0 Å². The number of carbonyl (C=O) groups is 1. The molecular weight excluding hydrogens is 206 g/mol. The zero-order chi connectivity index (χ0) is 12.0. The van der Waals surface area contributed by atoms with Gasteiger partial charge in [0.15, 0.2) is 0 Å². The molecule has 0 aromatic carbocycles. The van der Waals surface area contributed by atoms with Crippen molar-refractivity contribution in [2.75, 3.05) is 20.1 Å². The normalized spacial score (nSPS) is 10.8. The fraction of sp³-hybridized carbons (Fsp3) is 0.700. The first-order valence-electron chi connectivity index (χ1n) is 5.50. The molecule has 0 spiro atoms. The van der Waals surface area contributed by atoms with Crippen LogP contribution >= 0.6 is 0 Å². The number of nitrogens with zero attached hydrogens (tertiary/aromatic N) is 2. The van der Waals surface area contributed by atoms with Crippen LogP contribution in [0.5, 0.6) is 0 Å². The minimum atomic E-state index is -0.223. The molecule has 0 unspecified atom stereocenters. The summed E-state index contributed by atoms with van der Waals surface area (Å²) >= 11 is 0. The van der Waals surface area contributed by atoms with Crippen molar-refractivity contribution in [2.45, 2.75) is 26.2 Å². The summed E-state index contributed by atoms with van der Waals surface area (Å²) < 4.78 is 0. The highest BCUT2D eigenvalue weighted by molar-refractivity contribution is 5.90. The van der Waals surface area contributed by atoms with Crippen molar-refractivity contribution in [2.24, 2.45) is 0 Å². The van der Waals surface area contributed by atoms with Crippen LogP contribution in [0.25, 0.3) is 0 Å². The molecule has 1 heterocycles. The highest BCUT2D eigenvalue weighted by Crippen LogP contribution is 2.07. The Balaban J connectivity index is 2.40. The van der Waals surface area contributed by atoms with Gasteiger partial charge in [0, 0.05) is 12.5 Å². The number of carbonyl (C=O) groups excluding carboxylic acids is 1. The minimum absolute atomic E-state index is 0.216. The van der Waals surface area contributed by atoms with Crippen LogP contribution in [0.1, 0.15) is 42.6 Å². The summed E-state index contributed by atoms with van der Waals surface area (Å²) in [5, 5.41) is 12.4. The van der Waals surface area contributed by atoms with E-state index in [1.54, 1.807) is 0 Å². The van der Waals surface area contributed by atoms with Crippen LogP contribution in [0.3, 0.4) is 0 Å². The molecule has 6 heteroatoms. The summed E-state index contributed by atoms with van der Waals surface area (Å²) in [4.78, 5) is 15.7. The van der Waals surface area contributed by atoms with E-state index in [2.05, 4.69) is 25.8 Å². The summed E-state index contributed by atoms with van der Waals surface area (Å²) in [6.45, 7) is 5.50. The van der Waals surface area contributed by atoms with E-state index in [1.807, 2.05) is 20.9 Å². The minimum Gasteiger partial charge on any atom is -0.349 e. The lowest BCUT2D eigenvalue weighted by atomic mass is 10.2. The molecule has 90 valence electrons. The monoisotopic (exact) mass is 225 g/mol. The number of aromatic nitrogens is 3. The lowest BCUT2D eigenvalue weighted by Gasteiger charge is -2.01. The van der Waals surface area contributed by atoms with E-state index in [-0.39, 0.29) is 17.6 Å². The van der Waals surface area contributed by atoms with E-state index in [0.29, 0.717) is 6.54 Å². The number of nitrogens with one attached hydrogen (secondary N) is 3. The van der Waals surface area contributed by atoms with Crippen LogP contribution in [-0.4, -0.2) is 41.2 Å². The maximum atomic E-state index is 11.6. The highest BCUT2D eigenvalue weighted by atomic mass is 16.2. The van der Waals surface area contributed by atoms with Crippen molar-refractivity contribution >= 4 is 5.91 Å². The number of amides is 1. The third kappa shape index (κ3) is 3.62. The van der Waals surface area contributed by atoms with Crippen molar-refractivity contribution in [1.82, 2.24) is 25.8 Å². The molecule has 3 N–H and O–H groups in total. The largest absolute Gasteiger partial charge is 0.349 e. The Bertz CT molecular complexity index is 334. The Morgan fingerprint density at radius 1 is 1.44 bits per heavy atom. The number of hydrogen-bond acceptors (Lipinski definition) is 4. The number of hydrogen-bond donors (Lipinski definition) is 3. The third-order valence-corrected chi connectivity index (χ3v) is 2.14. The lowest BCUT2D eigenvalue weighted by Crippen LogP contribution is -2.27. The molecule has 1 aromatic rings. The molecule has 16 heavy (non-hydrogen) atoms. The molecule has 0 atom stereocenters. The topological polar surface area (TPSA) is 82.7 Å². The van der Waals surface area contributed by atoms with Gasteiger partial charge in [0.05, 0.1) is 0 Å². The molecule has 0 aliphatic carbocycles. The van der Waals surface area contributed by atoms with Crippen LogP contribution < -0.4 is 10.6 Å². The Labute approximate surface area is 95.2 Å². The predicted octanol–water partition coefficient (Wildman–Crippen LogP) is 0.267. The molecule has 0 aliphatic heterocycles. The Kier molecular flexibility index (Phi) is 4.91. The van der Waals surface area contributed by atoms with Crippen LogP contribution in [0.15, 0.2) is 0 Å². The standard InChI is InChI=1S/C10H19N5O/c1-7(2)8-13-9(15-14-8)10(16)12-6-4-5-11-3/h7,11H,4-6H2,1-3H3,(H,12,16)(H,13,14,15). The van der Waals surface area contributed by atoms with Crippen LogP contribution in [0, 0.1) is 0 Å². The van der Waals surface area contributed by atoms with E-state index in [9.17, 15) is 4.79 Å². The molecule has 0 radical (unpaired) electrons. The van der Waals surface area contributed by atoms with E-state index < -0.39 is 0 Å². The zero-order valence-corrected chi connectivity index (χ0v) is 10.0. The van der Waals surface area contributed by atoms with E-state index in [1.165, 1.54) is 0 Å². The van der Waals surface area contributed by atoms with Gasteiger partial charge in [0.25, 0.3) is 5.91 Å². The summed E-state index contributed by atoms with van der Waals surface area (Å²) in [5.41, 5.74) is 0. The summed E-state index contributed by atoms with van der Waals surface area (Å²) in [6, 6.07) is 0. The quantitative estimate of drug-likeness (QED) is 0.607. The molecule has 1 amide bonds. The van der Waals surface area contributed by atoms with Crippen molar-refractivity contribution in [3.8, 4) is 0 Å². The molecule has 1 rings (SSSR count). The predicted molar refractivity (Wildman–Crippen MR) is 61.3 cm³/mol. The first-order chi connectivity index (χ1) is 7.65. The van der Waals surface area contributed by atoms with Gasteiger partial charge in [0.1, 0.15) is 5.82 Å². The van der Waals surface area contributed by atoms with Gasteiger partial charge in [-0.2, -0.15) is 0 Å². The Morgan fingerprint density at radius 3 is 2.75 bits per heavy atom. The second-order valence-electron chi connectivity index (χ2n) is 3.91. The molecule has 0 aliphatic rings. The van der Waals surface area contributed by atoms with Gasteiger partial charge in [0.2, 0.25) is 5.82 Å². The average Bonchev–Trinajstić information content (AvgIpc) is 2.73. The van der Waals surface area contributed by atoms with E-state index in [4.69, 9.17) is 0 Å². The second kappa shape index (κ2) is 6.22. The van der Waals surface area contributed by atoms with Gasteiger partial charge in [-0.15, -0.1) is 5.10 Å². The summed E-state index contributed by atoms with van der Waals surface area (Å²) in [7, 11) is 1.88. The molecule has 0 saturated carbocycles. The maximum Gasteiger partial charge on any atom is 0.290 e. The van der Waals surface area contributed by atoms with Crippen LogP contribution in [-0.2, 0) is 0 Å². The number of rotatable bonds is 6. The van der Waals surface area contributed by atoms with Gasteiger partial charge < -0.3 is 10.6 Å². The summed E-state index contributed by atoms with van der Waals surface area (Å²) in [5.74, 6) is 0.978. The average molecular weight is 225 g/mol.